The van der Waals surface area contributed by atoms with Gasteiger partial charge in [0.2, 0.25) is 0 Å². The monoisotopic (exact) mass is 368 g/mol. The fourth-order valence-electron chi connectivity index (χ4n) is 3.84. The first kappa shape index (κ1) is 17.0. The molecule has 1 fully saturated rings. The van der Waals surface area contributed by atoms with Crippen molar-refractivity contribution < 1.29 is 9.53 Å². The summed E-state index contributed by atoms with van der Waals surface area (Å²) in [6.07, 6.45) is 4.04. The SMILES string of the molecule is COc1cc(Cl)ccc1C(=O)N1CCC(c2c[nH]c3ccccc23)CC1. The molecule has 0 saturated carbocycles. The summed E-state index contributed by atoms with van der Waals surface area (Å²) in [5.41, 5.74) is 3.10. The van der Waals surface area contributed by atoms with E-state index in [-0.39, 0.29) is 5.91 Å². The largest absolute Gasteiger partial charge is 0.496 e. The lowest BCUT2D eigenvalue weighted by Crippen LogP contribution is -2.38. The zero-order valence-electron chi connectivity index (χ0n) is 14.7. The Labute approximate surface area is 157 Å². The molecule has 1 N–H and O–H groups in total. The highest BCUT2D eigenvalue weighted by Crippen LogP contribution is 2.34. The molecule has 1 amide bonds. The van der Waals surface area contributed by atoms with Crippen LogP contribution in [0, 0.1) is 0 Å². The number of nitrogens with one attached hydrogen (secondary N) is 1. The molecule has 0 atom stereocenters. The molecule has 1 aliphatic rings. The number of H-pyrrole nitrogens is 1. The maximum Gasteiger partial charge on any atom is 0.257 e. The van der Waals surface area contributed by atoms with Crippen LogP contribution in [-0.4, -0.2) is 36.0 Å². The summed E-state index contributed by atoms with van der Waals surface area (Å²) < 4.78 is 5.33. The van der Waals surface area contributed by atoms with Crippen molar-refractivity contribution in [1.29, 1.82) is 0 Å². The van der Waals surface area contributed by atoms with Gasteiger partial charge < -0.3 is 14.6 Å². The van der Waals surface area contributed by atoms with Crippen molar-refractivity contribution in [2.75, 3.05) is 20.2 Å². The molecule has 134 valence electrons. The van der Waals surface area contributed by atoms with Gasteiger partial charge in [0.05, 0.1) is 12.7 Å². The summed E-state index contributed by atoms with van der Waals surface area (Å²) in [5, 5.41) is 1.85. The van der Waals surface area contributed by atoms with Crippen molar-refractivity contribution in [1.82, 2.24) is 9.88 Å². The number of benzene rings is 2. The smallest absolute Gasteiger partial charge is 0.257 e. The van der Waals surface area contributed by atoms with E-state index in [9.17, 15) is 4.79 Å². The first-order valence-corrected chi connectivity index (χ1v) is 9.24. The molecule has 0 unspecified atom stereocenters. The van der Waals surface area contributed by atoms with E-state index in [0.29, 0.717) is 22.3 Å². The Kier molecular flexibility index (Phi) is 4.60. The van der Waals surface area contributed by atoms with Crippen LogP contribution in [0.15, 0.2) is 48.7 Å². The number of carbonyl (C=O) groups is 1. The Morgan fingerprint density at radius 1 is 1.19 bits per heavy atom. The molecule has 0 radical (unpaired) electrons. The van der Waals surface area contributed by atoms with Crippen LogP contribution in [0.2, 0.25) is 5.02 Å². The van der Waals surface area contributed by atoms with Crippen LogP contribution in [0.1, 0.15) is 34.7 Å². The normalized spacial score (nSPS) is 15.4. The van der Waals surface area contributed by atoms with E-state index in [1.807, 2.05) is 11.0 Å². The molecular formula is C21H21ClN2O2. The van der Waals surface area contributed by atoms with Gasteiger partial charge >= 0.3 is 0 Å². The van der Waals surface area contributed by atoms with Crippen molar-refractivity contribution in [2.45, 2.75) is 18.8 Å². The van der Waals surface area contributed by atoms with Crippen molar-refractivity contribution in [3.05, 3.63) is 64.8 Å². The quantitative estimate of drug-likeness (QED) is 0.718. The van der Waals surface area contributed by atoms with Gasteiger partial charge in [0.25, 0.3) is 5.91 Å². The fraction of sp³-hybridized carbons (Fsp3) is 0.286. The highest BCUT2D eigenvalue weighted by molar-refractivity contribution is 6.30. The minimum Gasteiger partial charge on any atom is -0.496 e. The fourth-order valence-corrected chi connectivity index (χ4v) is 4.00. The first-order chi connectivity index (χ1) is 12.7. The molecule has 0 bridgehead atoms. The van der Waals surface area contributed by atoms with Crippen LogP contribution in [0.25, 0.3) is 10.9 Å². The third kappa shape index (κ3) is 3.06. The number of methoxy groups -OCH3 is 1. The van der Waals surface area contributed by atoms with Gasteiger partial charge in [-0.25, -0.2) is 0 Å². The number of para-hydroxylation sites is 1. The van der Waals surface area contributed by atoms with E-state index in [2.05, 4.69) is 29.4 Å². The van der Waals surface area contributed by atoms with Gasteiger partial charge in [-0.15, -0.1) is 0 Å². The summed E-state index contributed by atoms with van der Waals surface area (Å²) in [6, 6.07) is 13.6. The molecule has 2 aromatic carbocycles. The van der Waals surface area contributed by atoms with E-state index in [4.69, 9.17) is 16.3 Å². The third-order valence-electron chi connectivity index (χ3n) is 5.24. The molecule has 26 heavy (non-hydrogen) atoms. The van der Waals surface area contributed by atoms with Crippen LogP contribution in [0.5, 0.6) is 5.75 Å². The number of likely N-dealkylation sites (tertiary alicyclic amines) is 1. The van der Waals surface area contributed by atoms with Crippen molar-refractivity contribution >= 4 is 28.4 Å². The van der Waals surface area contributed by atoms with Crippen LogP contribution < -0.4 is 4.74 Å². The molecule has 0 aliphatic carbocycles. The minimum atomic E-state index is 0.0101. The van der Waals surface area contributed by atoms with Crippen LogP contribution in [0.4, 0.5) is 0 Å². The Morgan fingerprint density at radius 2 is 1.96 bits per heavy atom. The number of rotatable bonds is 3. The number of fused-ring (bicyclic) bond motifs is 1. The van der Waals surface area contributed by atoms with Gasteiger partial charge in [-0.2, -0.15) is 0 Å². The Bertz CT molecular complexity index is 942. The zero-order valence-corrected chi connectivity index (χ0v) is 15.4. The highest BCUT2D eigenvalue weighted by atomic mass is 35.5. The summed E-state index contributed by atoms with van der Waals surface area (Å²) >= 11 is 6.00. The predicted octanol–water partition coefficient (Wildman–Crippen LogP) is 4.85. The number of hydrogen-bond acceptors (Lipinski definition) is 2. The van der Waals surface area contributed by atoms with Crippen molar-refractivity contribution in [2.24, 2.45) is 0 Å². The molecule has 4 rings (SSSR count). The Hall–Kier alpha value is -2.46. The number of nitrogens with zero attached hydrogens (tertiary/aromatic N) is 1. The van der Waals surface area contributed by atoms with Crippen LogP contribution >= 0.6 is 11.6 Å². The van der Waals surface area contributed by atoms with Gasteiger partial charge in [0.1, 0.15) is 5.75 Å². The predicted molar refractivity (Wildman–Crippen MR) is 104 cm³/mol. The van der Waals surface area contributed by atoms with Gasteiger partial charge in [0, 0.05) is 35.2 Å². The second-order valence-electron chi connectivity index (χ2n) is 6.70. The van der Waals surface area contributed by atoms with E-state index in [1.165, 1.54) is 16.5 Å². The maximum absolute atomic E-state index is 12.9. The average Bonchev–Trinajstić information content (AvgIpc) is 3.11. The number of carbonyl (C=O) groups excluding carboxylic acids is 1. The molecule has 0 spiro atoms. The second-order valence-corrected chi connectivity index (χ2v) is 7.14. The molecule has 5 heteroatoms. The Balaban J connectivity index is 1.49. The van der Waals surface area contributed by atoms with E-state index < -0.39 is 0 Å². The second kappa shape index (κ2) is 7.04. The van der Waals surface area contributed by atoms with E-state index >= 15 is 0 Å². The summed E-state index contributed by atoms with van der Waals surface area (Å²) in [4.78, 5) is 18.2. The average molecular weight is 369 g/mol. The summed E-state index contributed by atoms with van der Waals surface area (Å²) in [6.45, 7) is 1.49. The topological polar surface area (TPSA) is 45.3 Å². The molecule has 3 aromatic rings. The number of halogens is 1. The van der Waals surface area contributed by atoms with Crippen molar-refractivity contribution in [3.63, 3.8) is 0 Å². The first-order valence-electron chi connectivity index (χ1n) is 8.86. The van der Waals surface area contributed by atoms with Gasteiger partial charge in [-0.1, -0.05) is 29.8 Å². The van der Waals surface area contributed by atoms with Gasteiger partial charge in [-0.3, -0.25) is 4.79 Å². The number of aromatic amines is 1. The lowest BCUT2D eigenvalue weighted by molar-refractivity contribution is 0.0710. The highest BCUT2D eigenvalue weighted by Gasteiger charge is 2.27. The lowest BCUT2D eigenvalue weighted by atomic mass is 9.89. The molecule has 1 aromatic heterocycles. The van der Waals surface area contributed by atoms with Crippen LogP contribution in [-0.2, 0) is 0 Å². The number of ether oxygens (including phenoxy) is 1. The summed E-state index contributed by atoms with van der Waals surface area (Å²) in [7, 11) is 1.56. The number of amides is 1. The summed E-state index contributed by atoms with van der Waals surface area (Å²) in [5.74, 6) is 1.01. The van der Waals surface area contributed by atoms with Crippen molar-refractivity contribution in [3.8, 4) is 5.75 Å². The maximum atomic E-state index is 12.9. The number of hydrogen-bond donors (Lipinski definition) is 1. The molecular weight excluding hydrogens is 348 g/mol. The van der Waals surface area contributed by atoms with Gasteiger partial charge in [0.15, 0.2) is 0 Å². The molecule has 1 saturated heterocycles. The molecule has 1 aliphatic heterocycles. The lowest BCUT2D eigenvalue weighted by Gasteiger charge is -2.32. The van der Waals surface area contributed by atoms with Crippen LogP contribution in [0.3, 0.4) is 0 Å². The molecule has 4 nitrogen and oxygen atoms in total. The zero-order chi connectivity index (χ0) is 18.1. The number of piperidine rings is 1. The van der Waals surface area contributed by atoms with E-state index in [1.54, 1.807) is 25.3 Å². The Morgan fingerprint density at radius 3 is 2.73 bits per heavy atom. The third-order valence-corrected chi connectivity index (χ3v) is 5.47. The van der Waals surface area contributed by atoms with Gasteiger partial charge in [-0.05, 0) is 48.6 Å². The van der Waals surface area contributed by atoms with E-state index in [0.717, 1.165) is 25.9 Å². The minimum absolute atomic E-state index is 0.0101. The standard InChI is InChI=1S/C21H21ClN2O2/c1-26-20-12-15(22)6-7-17(20)21(25)24-10-8-14(9-11-24)18-13-23-19-5-3-2-4-16(18)19/h2-7,12-14,23H,8-11H2,1H3. The number of aromatic nitrogens is 1. The molecule has 2 heterocycles.